The summed E-state index contributed by atoms with van der Waals surface area (Å²) in [6.45, 7) is 4.01. The predicted octanol–water partition coefficient (Wildman–Crippen LogP) is 1.94. The minimum Gasteiger partial charge on any atom is -0.317 e. The number of nitrogens with one attached hydrogen (secondary N) is 1. The molecule has 2 rings (SSSR count). The van der Waals surface area contributed by atoms with Crippen LogP contribution in [0.3, 0.4) is 0 Å². The maximum absolute atomic E-state index is 11.7. The van der Waals surface area contributed by atoms with Gasteiger partial charge in [0.15, 0.2) is 9.84 Å². The molecule has 0 bridgehead atoms. The quantitative estimate of drug-likeness (QED) is 0.910. The first-order chi connectivity index (χ1) is 8.47. The molecular formula is C14H21NO2S. The molecule has 0 aromatic heterocycles. The number of hydrogen-bond acceptors (Lipinski definition) is 3. The van der Waals surface area contributed by atoms with Crippen molar-refractivity contribution >= 4 is 9.84 Å². The average molecular weight is 267 g/mol. The van der Waals surface area contributed by atoms with Gasteiger partial charge < -0.3 is 5.32 Å². The predicted molar refractivity (Wildman–Crippen MR) is 73.6 cm³/mol. The maximum atomic E-state index is 11.7. The topological polar surface area (TPSA) is 46.2 Å². The molecule has 0 aliphatic carbocycles. The van der Waals surface area contributed by atoms with Gasteiger partial charge in [-0.05, 0) is 62.4 Å². The summed E-state index contributed by atoms with van der Waals surface area (Å²) in [6, 6.07) is 5.84. The Morgan fingerprint density at radius 2 is 1.94 bits per heavy atom. The van der Waals surface area contributed by atoms with Crippen LogP contribution in [0.1, 0.15) is 24.0 Å². The van der Waals surface area contributed by atoms with Crippen LogP contribution in [0, 0.1) is 12.8 Å². The van der Waals surface area contributed by atoms with Crippen LogP contribution in [-0.2, 0) is 16.3 Å². The highest BCUT2D eigenvalue weighted by Gasteiger charge is 2.16. The molecule has 3 nitrogen and oxygen atoms in total. The third-order valence-corrected chi connectivity index (χ3v) is 4.87. The fourth-order valence-electron chi connectivity index (χ4n) is 2.59. The molecule has 0 spiro atoms. The lowest BCUT2D eigenvalue weighted by molar-refractivity contribution is 0.372. The molecule has 1 N–H and O–H groups in total. The molecule has 0 saturated carbocycles. The zero-order valence-corrected chi connectivity index (χ0v) is 11.9. The van der Waals surface area contributed by atoms with Crippen molar-refractivity contribution in [1.82, 2.24) is 5.32 Å². The Labute approximate surface area is 110 Å². The molecule has 4 heteroatoms. The van der Waals surface area contributed by atoms with Crippen LogP contribution in [0.5, 0.6) is 0 Å². The first kappa shape index (κ1) is 13.6. The summed E-state index contributed by atoms with van der Waals surface area (Å²) in [4.78, 5) is 0.480. The molecule has 1 aromatic rings. The first-order valence-electron chi connectivity index (χ1n) is 6.47. The van der Waals surface area contributed by atoms with E-state index in [0.717, 1.165) is 30.6 Å². The molecule has 0 amide bonds. The lowest BCUT2D eigenvalue weighted by atomic mass is 9.91. The molecule has 1 aliphatic rings. The summed E-state index contributed by atoms with van der Waals surface area (Å²) in [5, 5.41) is 3.35. The zero-order chi connectivity index (χ0) is 13.2. The van der Waals surface area contributed by atoms with Gasteiger partial charge >= 0.3 is 0 Å². The number of rotatable bonds is 3. The van der Waals surface area contributed by atoms with Gasteiger partial charge in [0, 0.05) is 6.26 Å². The van der Waals surface area contributed by atoms with Crippen LogP contribution in [-0.4, -0.2) is 27.8 Å². The standard InChI is InChI=1S/C14H21NO2S/c1-11-3-4-13(10-14(11)18(2,16)17)9-12-5-7-15-8-6-12/h3-4,10,12,15H,5-9H2,1-2H3. The van der Waals surface area contributed by atoms with Crippen molar-refractivity contribution in [2.24, 2.45) is 5.92 Å². The van der Waals surface area contributed by atoms with Gasteiger partial charge in [0.1, 0.15) is 0 Å². The fraction of sp³-hybridized carbons (Fsp3) is 0.571. The lowest BCUT2D eigenvalue weighted by Crippen LogP contribution is -2.28. The van der Waals surface area contributed by atoms with Gasteiger partial charge in [-0.25, -0.2) is 8.42 Å². The van der Waals surface area contributed by atoms with Gasteiger partial charge in [-0.3, -0.25) is 0 Å². The normalized spacial score (nSPS) is 17.9. The molecule has 18 heavy (non-hydrogen) atoms. The number of piperidine rings is 1. The van der Waals surface area contributed by atoms with E-state index in [1.54, 1.807) is 0 Å². The summed E-state index contributed by atoms with van der Waals surface area (Å²) in [7, 11) is -3.11. The lowest BCUT2D eigenvalue weighted by Gasteiger charge is -2.22. The van der Waals surface area contributed by atoms with Crippen molar-refractivity contribution in [1.29, 1.82) is 0 Å². The maximum Gasteiger partial charge on any atom is 0.175 e. The van der Waals surface area contributed by atoms with Crippen LogP contribution >= 0.6 is 0 Å². The smallest absolute Gasteiger partial charge is 0.175 e. The Balaban J connectivity index is 2.19. The summed E-state index contributed by atoms with van der Waals surface area (Å²) in [5.41, 5.74) is 1.99. The summed E-state index contributed by atoms with van der Waals surface area (Å²) in [6.07, 6.45) is 4.64. The van der Waals surface area contributed by atoms with Gasteiger partial charge in [0.05, 0.1) is 4.90 Å². The number of sulfone groups is 1. The summed E-state index contributed by atoms with van der Waals surface area (Å²) < 4.78 is 23.4. The van der Waals surface area contributed by atoms with Gasteiger partial charge in [-0.2, -0.15) is 0 Å². The van der Waals surface area contributed by atoms with Crippen molar-refractivity contribution < 1.29 is 8.42 Å². The average Bonchev–Trinajstić information content (AvgIpc) is 2.31. The summed E-state index contributed by atoms with van der Waals surface area (Å²) >= 11 is 0. The van der Waals surface area contributed by atoms with Crippen LogP contribution in [0.25, 0.3) is 0 Å². The van der Waals surface area contributed by atoms with E-state index < -0.39 is 9.84 Å². The third kappa shape index (κ3) is 3.33. The SMILES string of the molecule is Cc1ccc(CC2CCNCC2)cc1S(C)(=O)=O. The van der Waals surface area contributed by atoms with Gasteiger partial charge in [-0.1, -0.05) is 12.1 Å². The monoisotopic (exact) mass is 267 g/mol. The molecule has 0 radical (unpaired) electrons. The highest BCUT2D eigenvalue weighted by molar-refractivity contribution is 7.90. The van der Waals surface area contributed by atoms with E-state index in [9.17, 15) is 8.42 Å². The van der Waals surface area contributed by atoms with E-state index in [1.807, 2.05) is 19.1 Å². The summed E-state index contributed by atoms with van der Waals surface area (Å²) in [5.74, 6) is 0.682. The van der Waals surface area contributed by atoms with Gasteiger partial charge in [0.2, 0.25) is 0 Å². The van der Waals surface area contributed by atoms with E-state index in [1.165, 1.54) is 19.1 Å². The molecule has 0 atom stereocenters. The first-order valence-corrected chi connectivity index (χ1v) is 8.36. The second kappa shape index (κ2) is 5.41. The Morgan fingerprint density at radius 3 is 2.56 bits per heavy atom. The number of hydrogen-bond donors (Lipinski definition) is 1. The minimum atomic E-state index is -3.11. The Morgan fingerprint density at radius 1 is 1.28 bits per heavy atom. The van der Waals surface area contributed by atoms with E-state index in [-0.39, 0.29) is 0 Å². The molecule has 1 aliphatic heterocycles. The second-order valence-corrected chi connectivity index (χ2v) is 7.25. The third-order valence-electron chi connectivity index (χ3n) is 3.64. The van der Waals surface area contributed by atoms with Crippen LogP contribution in [0.4, 0.5) is 0 Å². The largest absolute Gasteiger partial charge is 0.317 e. The second-order valence-electron chi connectivity index (χ2n) is 5.27. The van der Waals surface area contributed by atoms with Crippen LogP contribution in [0.15, 0.2) is 23.1 Å². The van der Waals surface area contributed by atoms with Crippen molar-refractivity contribution in [2.45, 2.75) is 31.1 Å². The van der Waals surface area contributed by atoms with Gasteiger partial charge in [0.25, 0.3) is 0 Å². The molecule has 1 saturated heterocycles. The van der Waals surface area contributed by atoms with E-state index >= 15 is 0 Å². The molecule has 1 fully saturated rings. The molecule has 100 valence electrons. The Hall–Kier alpha value is -0.870. The van der Waals surface area contributed by atoms with Crippen molar-refractivity contribution in [2.75, 3.05) is 19.3 Å². The highest BCUT2D eigenvalue weighted by Crippen LogP contribution is 2.22. The fourth-order valence-corrected chi connectivity index (χ4v) is 3.61. The Kier molecular flexibility index (Phi) is 4.07. The minimum absolute atomic E-state index is 0.480. The van der Waals surface area contributed by atoms with Crippen molar-refractivity contribution in [3.05, 3.63) is 29.3 Å². The van der Waals surface area contributed by atoms with E-state index in [0.29, 0.717) is 10.8 Å². The number of benzene rings is 1. The van der Waals surface area contributed by atoms with E-state index in [4.69, 9.17) is 0 Å². The molecule has 1 aromatic carbocycles. The zero-order valence-electron chi connectivity index (χ0n) is 11.1. The van der Waals surface area contributed by atoms with Crippen LogP contribution in [0.2, 0.25) is 0 Å². The molecule has 1 heterocycles. The van der Waals surface area contributed by atoms with Crippen molar-refractivity contribution in [3.8, 4) is 0 Å². The van der Waals surface area contributed by atoms with Gasteiger partial charge in [-0.15, -0.1) is 0 Å². The van der Waals surface area contributed by atoms with E-state index in [2.05, 4.69) is 11.4 Å². The number of aryl methyl sites for hydroxylation is 1. The molecular weight excluding hydrogens is 246 g/mol. The Bertz CT molecular complexity index is 517. The highest BCUT2D eigenvalue weighted by atomic mass is 32.2. The van der Waals surface area contributed by atoms with Crippen molar-refractivity contribution in [3.63, 3.8) is 0 Å². The van der Waals surface area contributed by atoms with Crippen LogP contribution < -0.4 is 5.32 Å². The molecule has 0 unspecified atom stereocenters.